The minimum Gasteiger partial charge on any atom is -0.468 e. The molecule has 2 aromatic rings. The highest BCUT2D eigenvalue weighted by molar-refractivity contribution is 5.79. The highest BCUT2D eigenvalue weighted by Crippen LogP contribution is 2.31. The molecule has 10 nitrogen and oxygen atoms in total. The molecule has 1 aromatic carbocycles. The Hall–Kier alpha value is -2.85. The van der Waals surface area contributed by atoms with E-state index in [9.17, 15) is 14.4 Å². The van der Waals surface area contributed by atoms with E-state index in [1.54, 1.807) is 24.3 Å². The summed E-state index contributed by atoms with van der Waals surface area (Å²) in [6, 6.07) is 6.55. The normalized spacial score (nSPS) is 26.6. The Bertz CT molecular complexity index is 960. The fraction of sp³-hybridized carbons (Fsp3) is 0.500. The molecule has 148 valence electrons. The van der Waals surface area contributed by atoms with Crippen LogP contribution in [0.15, 0.2) is 29.1 Å². The molecule has 4 unspecified atom stereocenters. The zero-order valence-corrected chi connectivity index (χ0v) is 15.4. The number of benzene rings is 1. The van der Waals surface area contributed by atoms with Gasteiger partial charge in [-0.2, -0.15) is 0 Å². The average Bonchev–Trinajstić information content (AvgIpc) is 3.13. The van der Waals surface area contributed by atoms with Gasteiger partial charge in [0.1, 0.15) is 18.1 Å². The highest BCUT2D eigenvalue weighted by Gasteiger charge is 2.44. The van der Waals surface area contributed by atoms with Crippen molar-refractivity contribution in [3.05, 3.63) is 34.6 Å². The number of ether oxygens (including phenoxy) is 1. The number of hydrogen-bond donors (Lipinski definition) is 3. The molecule has 0 radical (unpaired) electrons. The van der Waals surface area contributed by atoms with Crippen LogP contribution in [0.25, 0.3) is 10.9 Å². The van der Waals surface area contributed by atoms with Crippen LogP contribution in [0.4, 0.5) is 0 Å². The summed E-state index contributed by atoms with van der Waals surface area (Å²) in [7, 11) is 1.36. The molecule has 10 heteroatoms. The zero-order valence-electron chi connectivity index (χ0n) is 15.4. The van der Waals surface area contributed by atoms with Gasteiger partial charge in [0.2, 0.25) is 5.91 Å². The van der Waals surface area contributed by atoms with Crippen molar-refractivity contribution in [3.8, 4) is 0 Å². The van der Waals surface area contributed by atoms with Crippen LogP contribution in [-0.4, -0.2) is 52.1 Å². The first kappa shape index (κ1) is 18.5. The Morgan fingerprint density at radius 2 is 2.11 bits per heavy atom. The van der Waals surface area contributed by atoms with Gasteiger partial charge in [-0.15, -0.1) is 5.10 Å². The first-order valence-electron chi connectivity index (χ1n) is 9.27. The second kappa shape index (κ2) is 7.64. The number of rotatable bonds is 4. The van der Waals surface area contributed by atoms with E-state index in [0.29, 0.717) is 17.3 Å². The highest BCUT2D eigenvalue weighted by atomic mass is 16.5. The molecule has 3 N–H and O–H groups in total. The van der Waals surface area contributed by atoms with E-state index in [0.717, 1.165) is 17.5 Å². The smallest absolute Gasteiger partial charge is 0.324 e. The van der Waals surface area contributed by atoms with E-state index in [1.165, 1.54) is 7.11 Å². The molecule has 1 saturated carbocycles. The fourth-order valence-corrected chi connectivity index (χ4v) is 4.08. The van der Waals surface area contributed by atoms with Crippen molar-refractivity contribution in [2.24, 2.45) is 5.92 Å². The monoisotopic (exact) mass is 386 g/mol. The number of amides is 1. The second-order valence-corrected chi connectivity index (χ2v) is 7.21. The van der Waals surface area contributed by atoms with Crippen molar-refractivity contribution in [2.45, 2.75) is 43.9 Å². The summed E-state index contributed by atoms with van der Waals surface area (Å²) in [5, 5.41) is 11.2. The lowest BCUT2D eigenvalue weighted by Gasteiger charge is -2.32. The number of fused-ring (bicyclic) bond motifs is 2. The average molecular weight is 386 g/mol. The molecule has 28 heavy (non-hydrogen) atoms. The number of hydrazine groups is 1. The van der Waals surface area contributed by atoms with Crippen LogP contribution in [-0.2, 0) is 20.9 Å². The fourth-order valence-electron chi connectivity index (χ4n) is 4.08. The molecule has 2 fully saturated rings. The summed E-state index contributed by atoms with van der Waals surface area (Å²) in [5.41, 5.74) is 6.27. The second-order valence-electron chi connectivity index (χ2n) is 7.21. The Balaban J connectivity index is 1.41. The van der Waals surface area contributed by atoms with Crippen LogP contribution >= 0.6 is 0 Å². The molecule has 1 aromatic heterocycles. The van der Waals surface area contributed by atoms with E-state index in [-0.39, 0.29) is 42.0 Å². The van der Waals surface area contributed by atoms with Crippen LogP contribution in [0.3, 0.4) is 0 Å². The van der Waals surface area contributed by atoms with Gasteiger partial charge in [-0.3, -0.25) is 19.8 Å². The molecule has 0 spiro atoms. The van der Waals surface area contributed by atoms with Crippen molar-refractivity contribution in [1.82, 2.24) is 31.2 Å². The van der Waals surface area contributed by atoms with Crippen LogP contribution in [0.2, 0.25) is 0 Å². The van der Waals surface area contributed by atoms with Gasteiger partial charge in [0.05, 0.1) is 12.5 Å². The number of methoxy groups -OCH3 is 1. The predicted molar refractivity (Wildman–Crippen MR) is 98.9 cm³/mol. The summed E-state index contributed by atoms with van der Waals surface area (Å²) >= 11 is 0. The Kier molecular flexibility index (Phi) is 5.05. The Morgan fingerprint density at radius 1 is 1.29 bits per heavy atom. The third-order valence-electron chi connectivity index (χ3n) is 5.49. The quantitative estimate of drug-likeness (QED) is 0.577. The Morgan fingerprint density at radius 3 is 2.93 bits per heavy atom. The van der Waals surface area contributed by atoms with Gasteiger partial charge in [0.15, 0.2) is 0 Å². The molecular formula is C18H22N6O4. The lowest BCUT2D eigenvalue weighted by molar-refractivity contribution is -0.144. The van der Waals surface area contributed by atoms with Gasteiger partial charge in [0.25, 0.3) is 5.56 Å². The van der Waals surface area contributed by atoms with Gasteiger partial charge in [-0.1, -0.05) is 17.3 Å². The third-order valence-corrected chi connectivity index (χ3v) is 5.49. The van der Waals surface area contributed by atoms with Crippen LogP contribution in [0.5, 0.6) is 0 Å². The number of carbonyl (C=O) groups excluding carboxylic acids is 2. The molecule has 4 atom stereocenters. The largest absolute Gasteiger partial charge is 0.468 e. The van der Waals surface area contributed by atoms with Gasteiger partial charge < -0.3 is 10.1 Å². The van der Waals surface area contributed by atoms with Crippen LogP contribution in [0, 0.1) is 5.92 Å². The molecular weight excluding hydrogens is 364 g/mol. The van der Waals surface area contributed by atoms with Crippen molar-refractivity contribution in [1.29, 1.82) is 0 Å². The summed E-state index contributed by atoms with van der Waals surface area (Å²) in [6.45, 7) is -0.196. The maximum absolute atomic E-state index is 12.5. The lowest BCUT2D eigenvalue weighted by atomic mass is 9.79. The van der Waals surface area contributed by atoms with Crippen molar-refractivity contribution < 1.29 is 14.3 Å². The van der Waals surface area contributed by atoms with Gasteiger partial charge >= 0.3 is 5.97 Å². The van der Waals surface area contributed by atoms with E-state index >= 15 is 0 Å². The van der Waals surface area contributed by atoms with Gasteiger partial charge in [-0.05, 0) is 31.4 Å². The van der Waals surface area contributed by atoms with Crippen molar-refractivity contribution >= 4 is 22.8 Å². The lowest BCUT2D eigenvalue weighted by Crippen LogP contribution is -2.47. The first-order valence-corrected chi connectivity index (χ1v) is 9.27. The van der Waals surface area contributed by atoms with E-state index in [2.05, 4.69) is 26.5 Å². The molecule has 1 aliphatic heterocycles. The predicted octanol–water partition coefficient (Wildman–Crippen LogP) is -0.906. The number of nitrogens with zero attached hydrogens (tertiary/aromatic N) is 3. The number of nitrogens with one attached hydrogen (secondary N) is 3. The van der Waals surface area contributed by atoms with Gasteiger partial charge in [0, 0.05) is 18.0 Å². The standard InChI is InChI=1S/C18H22N6O4/c1-28-18(27)16-12-8-10(6-7-14(12)20-22-16)19-15(25)9-24-17(26)11-4-2-3-5-13(11)21-23-24/h2-5,10,12,14,16,20,22H,6-9H2,1H3,(H,19,25). The van der Waals surface area contributed by atoms with E-state index in [4.69, 9.17) is 4.74 Å². The van der Waals surface area contributed by atoms with Crippen LogP contribution in [0.1, 0.15) is 19.3 Å². The number of esters is 1. The molecule has 2 aliphatic rings. The Labute approximate surface area is 160 Å². The zero-order chi connectivity index (χ0) is 19.7. The summed E-state index contributed by atoms with van der Waals surface area (Å²) in [5.74, 6) is -0.580. The number of hydrogen-bond acceptors (Lipinski definition) is 8. The summed E-state index contributed by atoms with van der Waals surface area (Å²) in [6.07, 6.45) is 2.26. The summed E-state index contributed by atoms with van der Waals surface area (Å²) in [4.78, 5) is 36.9. The minimum absolute atomic E-state index is 0.0367. The van der Waals surface area contributed by atoms with E-state index in [1.807, 2.05) is 0 Å². The molecule has 1 amide bonds. The van der Waals surface area contributed by atoms with Crippen LogP contribution < -0.4 is 21.7 Å². The third kappa shape index (κ3) is 3.48. The molecule has 0 bridgehead atoms. The maximum Gasteiger partial charge on any atom is 0.324 e. The molecule has 1 aliphatic carbocycles. The maximum atomic E-state index is 12.5. The topological polar surface area (TPSA) is 127 Å². The van der Waals surface area contributed by atoms with Crippen molar-refractivity contribution in [2.75, 3.05) is 7.11 Å². The van der Waals surface area contributed by atoms with Gasteiger partial charge in [-0.25, -0.2) is 10.1 Å². The SMILES string of the molecule is COC(=O)C1NNC2CCC(NC(=O)Cn3nnc4ccccc4c3=O)CC21. The first-order chi connectivity index (χ1) is 13.6. The van der Waals surface area contributed by atoms with E-state index < -0.39 is 6.04 Å². The number of aromatic nitrogens is 3. The van der Waals surface area contributed by atoms with Crippen molar-refractivity contribution in [3.63, 3.8) is 0 Å². The molecule has 4 rings (SSSR count). The summed E-state index contributed by atoms with van der Waals surface area (Å²) < 4.78 is 5.91. The molecule has 2 heterocycles. The minimum atomic E-state index is -0.427. The molecule has 1 saturated heterocycles. The number of carbonyl (C=O) groups is 2.